The molecule has 3 rings (SSSR count). The zero-order chi connectivity index (χ0) is 22.1. The minimum absolute atomic E-state index is 0.0301. The summed E-state index contributed by atoms with van der Waals surface area (Å²) in [5, 5.41) is 15.8. The fourth-order valence-electron chi connectivity index (χ4n) is 4.17. The number of likely N-dealkylation sites (tertiary alicyclic amines) is 1. The Kier molecular flexibility index (Phi) is 8.85. The largest absolute Gasteiger partial charge is 0.481 e. The SMILES string of the molecule is CCCCCCCN1CC[C@@H](NC(=O)Nc2ccnc3ccc(OC)nc23)[C@H](CO)C1. The van der Waals surface area contributed by atoms with E-state index in [0.29, 0.717) is 22.6 Å². The number of pyridine rings is 2. The van der Waals surface area contributed by atoms with Gasteiger partial charge in [0, 0.05) is 43.9 Å². The van der Waals surface area contributed by atoms with Gasteiger partial charge >= 0.3 is 6.03 Å². The van der Waals surface area contributed by atoms with Crippen LogP contribution in [0, 0.1) is 5.92 Å². The highest BCUT2D eigenvalue weighted by Gasteiger charge is 2.29. The Labute approximate surface area is 184 Å². The number of nitrogens with zero attached hydrogens (tertiary/aromatic N) is 3. The third-order valence-electron chi connectivity index (χ3n) is 5.96. The Morgan fingerprint density at radius 1 is 1.26 bits per heavy atom. The summed E-state index contributed by atoms with van der Waals surface area (Å²) in [6.45, 7) is 5.10. The number of hydrogen-bond donors (Lipinski definition) is 3. The number of aromatic nitrogens is 2. The van der Waals surface area contributed by atoms with Gasteiger partial charge in [0.2, 0.25) is 5.88 Å². The first-order valence-corrected chi connectivity index (χ1v) is 11.3. The molecule has 8 nitrogen and oxygen atoms in total. The van der Waals surface area contributed by atoms with Crippen molar-refractivity contribution in [1.82, 2.24) is 20.2 Å². The molecule has 3 heterocycles. The first-order chi connectivity index (χ1) is 15.1. The Balaban J connectivity index is 1.54. The maximum atomic E-state index is 12.7. The average Bonchev–Trinajstić information content (AvgIpc) is 2.79. The van der Waals surface area contributed by atoms with Gasteiger partial charge in [-0.2, -0.15) is 0 Å². The molecule has 0 saturated carbocycles. The van der Waals surface area contributed by atoms with Gasteiger partial charge in [-0.3, -0.25) is 4.98 Å². The molecule has 2 amide bonds. The maximum absolute atomic E-state index is 12.7. The predicted molar refractivity (Wildman–Crippen MR) is 122 cm³/mol. The molecular weight excluding hydrogens is 394 g/mol. The second-order valence-electron chi connectivity index (χ2n) is 8.23. The van der Waals surface area contributed by atoms with E-state index in [9.17, 15) is 9.90 Å². The number of amides is 2. The van der Waals surface area contributed by atoms with Crippen molar-refractivity contribution >= 4 is 22.8 Å². The van der Waals surface area contributed by atoms with Crippen molar-refractivity contribution in [3.63, 3.8) is 0 Å². The molecule has 0 aromatic carbocycles. The van der Waals surface area contributed by atoms with E-state index in [4.69, 9.17) is 4.74 Å². The third-order valence-corrected chi connectivity index (χ3v) is 5.96. The minimum Gasteiger partial charge on any atom is -0.481 e. The molecule has 3 N–H and O–H groups in total. The average molecular weight is 430 g/mol. The molecule has 2 aromatic heterocycles. The summed E-state index contributed by atoms with van der Waals surface area (Å²) in [5.74, 6) is 0.494. The molecule has 2 aromatic rings. The molecule has 0 radical (unpaired) electrons. The molecule has 1 fully saturated rings. The highest BCUT2D eigenvalue weighted by Crippen LogP contribution is 2.23. The number of rotatable bonds is 10. The van der Waals surface area contributed by atoms with Gasteiger partial charge in [0.15, 0.2) is 0 Å². The van der Waals surface area contributed by atoms with Crippen LogP contribution in [-0.4, -0.2) is 65.4 Å². The Bertz CT molecular complexity index is 847. The monoisotopic (exact) mass is 429 g/mol. The number of carbonyl (C=O) groups is 1. The number of fused-ring (bicyclic) bond motifs is 1. The number of hydrogen-bond acceptors (Lipinski definition) is 6. The van der Waals surface area contributed by atoms with Crippen LogP contribution in [0.25, 0.3) is 11.0 Å². The molecule has 1 aliphatic rings. The molecule has 0 unspecified atom stereocenters. The molecule has 31 heavy (non-hydrogen) atoms. The number of urea groups is 1. The van der Waals surface area contributed by atoms with Crippen molar-refractivity contribution in [1.29, 1.82) is 0 Å². The summed E-state index contributed by atoms with van der Waals surface area (Å²) in [7, 11) is 1.55. The fraction of sp³-hybridized carbons (Fsp3) is 0.609. The van der Waals surface area contributed by atoms with Crippen LogP contribution >= 0.6 is 0 Å². The van der Waals surface area contributed by atoms with Gasteiger partial charge in [-0.05, 0) is 31.5 Å². The lowest BCUT2D eigenvalue weighted by atomic mass is 9.92. The van der Waals surface area contributed by atoms with Crippen molar-refractivity contribution < 1.29 is 14.6 Å². The number of unbranched alkanes of at least 4 members (excludes halogenated alkanes) is 4. The van der Waals surface area contributed by atoms with E-state index in [2.05, 4.69) is 32.4 Å². The van der Waals surface area contributed by atoms with Gasteiger partial charge in [0.05, 0.1) is 18.3 Å². The zero-order valence-corrected chi connectivity index (χ0v) is 18.6. The highest BCUT2D eigenvalue weighted by atomic mass is 16.5. The number of nitrogens with one attached hydrogen (secondary N) is 2. The lowest BCUT2D eigenvalue weighted by molar-refractivity contribution is 0.0926. The molecule has 8 heteroatoms. The molecule has 170 valence electrons. The molecule has 1 saturated heterocycles. The molecule has 0 spiro atoms. The summed E-state index contributed by atoms with van der Waals surface area (Å²) in [4.78, 5) is 23.8. The Morgan fingerprint density at radius 2 is 2.10 bits per heavy atom. The second-order valence-corrected chi connectivity index (χ2v) is 8.23. The van der Waals surface area contributed by atoms with Crippen LogP contribution in [0.3, 0.4) is 0 Å². The smallest absolute Gasteiger partial charge is 0.319 e. The van der Waals surface area contributed by atoms with Crippen molar-refractivity contribution in [2.24, 2.45) is 5.92 Å². The molecular formula is C23H35N5O3. The Hall–Kier alpha value is -2.45. The molecule has 2 atom stereocenters. The summed E-state index contributed by atoms with van der Waals surface area (Å²) < 4.78 is 5.19. The lowest BCUT2D eigenvalue weighted by Crippen LogP contribution is -2.53. The zero-order valence-electron chi connectivity index (χ0n) is 18.6. The van der Waals surface area contributed by atoms with Gasteiger partial charge in [0.1, 0.15) is 5.52 Å². The number of carbonyl (C=O) groups excluding carboxylic acids is 1. The van der Waals surface area contributed by atoms with Crippen LogP contribution in [0.5, 0.6) is 5.88 Å². The van der Waals surface area contributed by atoms with E-state index in [1.54, 1.807) is 25.4 Å². The van der Waals surface area contributed by atoms with E-state index in [1.807, 2.05) is 6.07 Å². The first-order valence-electron chi connectivity index (χ1n) is 11.3. The van der Waals surface area contributed by atoms with E-state index in [0.717, 1.165) is 26.1 Å². The van der Waals surface area contributed by atoms with Gasteiger partial charge in [-0.25, -0.2) is 9.78 Å². The normalized spacial score (nSPS) is 19.3. The number of aliphatic hydroxyl groups excluding tert-OH is 1. The number of methoxy groups -OCH3 is 1. The number of aliphatic hydroxyl groups is 1. The lowest BCUT2D eigenvalue weighted by Gasteiger charge is -2.38. The summed E-state index contributed by atoms with van der Waals surface area (Å²) >= 11 is 0. The van der Waals surface area contributed by atoms with Crippen LogP contribution in [0.4, 0.5) is 10.5 Å². The fourth-order valence-corrected chi connectivity index (χ4v) is 4.17. The van der Waals surface area contributed by atoms with E-state index in [-0.39, 0.29) is 24.6 Å². The Morgan fingerprint density at radius 3 is 2.87 bits per heavy atom. The third kappa shape index (κ3) is 6.51. The number of ether oxygens (including phenoxy) is 1. The van der Waals surface area contributed by atoms with Crippen molar-refractivity contribution in [2.45, 2.75) is 51.5 Å². The summed E-state index contributed by atoms with van der Waals surface area (Å²) in [5.41, 5.74) is 1.83. The predicted octanol–water partition coefficient (Wildman–Crippen LogP) is 3.41. The first kappa shape index (κ1) is 23.2. The quantitative estimate of drug-likeness (QED) is 0.501. The molecule has 0 aliphatic carbocycles. The maximum Gasteiger partial charge on any atom is 0.319 e. The number of piperidine rings is 1. The van der Waals surface area contributed by atoms with Crippen LogP contribution in [-0.2, 0) is 0 Å². The van der Waals surface area contributed by atoms with Crippen LogP contribution in [0.15, 0.2) is 24.4 Å². The summed E-state index contributed by atoms with van der Waals surface area (Å²) in [6.07, 6.45) is 8.78. The second kappa shape index (κ2) is 11.8. The van der Waals surface area contributed by atoms with Gasteiger partial charge in [0.25, 0.3) is 0 Å². The topological polar surface area (TPSA) is 99.6 Å². The van der Waals surface area contributed by atoms with Gasteiger partial charge < -0.3 is 25.4 Å². The number of anilines is 1. The van der Waals surface area contributed by atoms with E-state index in [1.165, 1.54) is 32.1 Å². The van der Waals surface area contributed by atoms with E-state index < -0.39 is 0 Å². The molecule has 1 aliphatic heterocycles. The van der Waals surface area contributed by atoms with Crippen molar-refractivity contribution in [2.75, 3.05) is 38.7 Å². The minimum atomic E-state index is -0.298. The van der Waals surface area contributed by atoms with E-state index >= 15 is 0 Å². The van der Waals surface area contributed by atoms with Gasteiger partial charge in [-0.1, -0.05) is 32.6 Å². The standard InChI is InChI=1S/C23H35N5O3/c1-3-4-5-6-7-13-28-14-11-18(17(15-28)16-29)25-23(30)26-20-10-12-24-19-8-9-21(31-2)27-22(19)20/h8-10,12,17-18,29H,3-7,11,13-16H2,1-2H3,(H2,24,25,26,30)/t17-,18+/m0/s1. The molecule has 0 bridgehead atoms. The van der Waals surface area contributed by atoms with Crippen molar-refractivity contribution in [3.8, 4) is 5.88 Å². The van der Waals surface area contributed by atoms with Crippen LogP contribution < -0.4 is 15.4 Å². The van der Waals surface area contributed by atoms with Crippen LogP contribution in [0.2, 0.25) is 0 Å². The van der Waals surface area contributed by atoms with Crippen molar-refractivity contribution in [3.05, 3.63) is 24.4 Å². The highest BCUT2D eigenvalue weighted by molar-refractivity contribution is 5.98. The summed E-state index contributed by atoms with van der Waals surface area (Å²) in [6, 6.07) is 4.91. The van der Waals surface area contributed by atoms with Crippen LogP contribution in [0.1, 0.15) is 45.4 Å². The van der Waals surface area contributed by atoms with Gasteiger partial charge in [-0.15, -0.1) is 0 Å².